The van der Waals surface area contributed by atoms with E-state index in [0.29, 0.717) is 12.1 Å². The lowest BCUT2D eigenvalue weighted by atomic mass is 9.78. The number of nitrogens with one attached hydrogen (secondary N) is 1. The zero-order valence-corrected chi connectivity index (χ0v) is 13.2. The monoisotopic (exact) mass is 303 g/mol. The molecule has 1 aromatic rings. The van der Waals surface area contributed by atoms with E-state index >= 15 is 0 Å². The number of pyridine rings is 1. The Morgan fingerprint density at radius 2 is 2.41 bits per heavy atom. The molecule has 1 atom stereocenters. The Morgan fingerprint density at radius 1 is 1.59 bits per heavy atom. The Morgan fingerprint density at radius 3 is 3.00 bits per heavy atom. The standard InChI is InChI=1S/C17H25N3O2/c1-3-8-17(13-21)9-5-10-20(12-17)15-7-6-14(11-19-15)16(22)18-4-2/h3,6-7,11,21H,1,4-5,8-10,12-13H2,2H3,(H,18,22)/t17-/m1/s1. The minimum Gasteiger partial charge on any atom is -0.396 e. The number of carbonyl (C=O) groups is 1. The molecule has 0 spiro atoms. The number of anilines is 1. The highest BCUT2D eigenvalue weighted by atomic mass is 16.3. The molecule has 1 aliphatic rings. The van der Waals surface area contributed by atoms with Crippen molar-refractivity contribution in [3.05, 3.63) is 36.5 Å². The summed E-state index contributed by atoms with van der Waals surface area (Å²) in [6.07, 6.45) is 6.32. The molecule has 1 amide bonds. The van der Waals surface area contributed by atoms with E-state index in [2.05, 4.69) is 21.8 Å². The van der Waals surface area contributed by atoms with Crippen molar-refractivity contribution in [1.29, 1.82) is 0 Å². The molecule has 120 valence electrons. The molecule has 0 radical (unpaired) electrons. The predicted molar refractivity (Wildman–Crippen MR) is 88.0 cm³/mol. The van der Waals surface area contributed by atoms with Crippen molar-refractivity contribution in [2.24, 2.45) is 5.41 Å². The molecule has 0 aromatic carbocycles. The van der Waals surface area contributed by atoms with Gasteiger partial charge in [-0.2, -0.15) is 0 Å². The topological polar surface area (TPSA) is 65.5 Å². The SMILES string of the molecule is C=CC[C@@]1(CO)CCCN(c2ccc(C(=O)NCC)cn2)C1. The Labute approximate surface area is 132 Å². The fraction of sp³-hybridized carbons (Fsp3) is 0.529. The molecule has 0 bridgehead atoms. The smallest absolute Gasteiger partial charge is 0.252 e. The first kappa shape index (κ1) is 16.5. The summed E-state index contributed by atoms with van der Waals surface area (Å²) in [7, 11) is 0. The number of rotatable bonds is 6. The molecule has 0 aliphatic carbocycles. The molecule has 1 saturated heterocycles. The number of aromatic nitrogens is 1. The fourth-order valence-electron chi connectivity index (χ4n) is 3.04. The predicted octanol–water partition coefficient (Wildman–Crippen LogP) is 1.99. The van der Waals surface area contributed by atoms with E-state index in [1.165, 1.54) is 0 Å². The van der Waals surface area contributed by atoms with E-state index in [-0.39, 0.29) is 17.9 Å². The molecular formula is C17H25N3O2. The quantitative estimate of drug-likeness (QED) is 0.789. The Hall–Kier alpha value is -1.88. The van der Waals surface area contributed by atoms with Crippen molar-refractivity contribution in [1.82, 2.24) is 10.3 Å². The second-order valence-electron chi connectivity index (χ2n) is 5.94. The van der Waals surface area contributed by atoms with Crippen LogP contribution in [0.4, 0.5) is 5.82 Å². The molecule has 0 saturated carbocycles. The van der Waals surface area contributed by atoms with E-state index in [1.54, 1.807) is 12.3 Å². The van der Waals surface area contributed by atoms with Crippen LogP contribution in [0.1, 0.15) is 36.5 Å². The average molecular weight is 303 g/mol. The Kier molecular flexibility index (Phi) is 5.55. The number of allylic oxidation sites excluding steroid dienone is 1. The Bertz CT molecular complexity index is 515. The number of amides is 1. The van der Waals surface area contributed by atoms with Crippen LogP contribution in [0.5, 0.6) is 0 Å². The van der Waals surface area contributed by atoms with E-state index in [9.17, 15) is 9.90 Å². The molecule has 2 rings (SSSR count). The van der Waals surface area contributed by atoms with Crippen LogP contribution in [0.2, 0.25) is 0 Å². The zero-order valence-electron chi connectivity index (χ0n) is 13.2. The van der Waals surface area contributed by atoms with E-state index in [1.807, 2.05) is 19.1 Å². The van der Waals surface area contributed by atoms with Crippen LogP contribution in [0.3, 0.4) is 0 Å². The molecule has 2 N–H and O–H groups in total. The van der Waals surface area contributed by atoms with Gasteiger partial charge < -0.3 is 15.3 Å². The van der Waals surface area contributed by atoms with Crippen LogP contribution in [-0.4, -0.2) is 42.2 Å². The fourth-order valence-corrected chi connectivity index (χ4v) is 3.04. The number of carbonyl (C=O) groups excluding carboxylic acids is 1. The van der Waals surface area contributed by atoms with Crippen molar-refractivity contribution in [3.63, 3.8) is 0 Å². The second kappa shape index (κ2) is 7.40. The van der Waals surface area contributed by atoms with E-state index < -0.39 is 0 Å². The maximum Gasteiger partial charge on any atom is 0.252 e. The average Bonchev–Trinajstić information content (AvgIpc) is 2.56. The van der Waals surface area contributed by atoms with Crippen molar-refractivity contribution in [2.75, 3.05) is 31.1 Å². The lowest BCUT2D eigenvalue weighted by Crippen LogP contribution is -2.45. The lowest BCUT2D eigenvalue weighted by molar-refractivity contribution is 0.0955. The second-order valence-corrected chi connectivity index (χ2v) is 5.94. The maximum absolute atomic E-state index is 11.8. The van der Waals surface area contributed by atoms with Gasteiger partial charge in [0.1, 0.15) is 5.82 Å². The molecule has 1 aromatic heterocycles. The van der Waals surface area contributed by atoms with Gasteiger partial charge in [0.05, 0.1) is 12.2 Å². The maximum atomic E-state index is 11.8. The van der Waals surface area contributed by atoms with Gasteiger partial charge in [0, 0.05) is 31.2 Å². The van der Waals surface area contributed by atoms with Gasteiger partial charge in [-0.25, -0.2) is 4.98 Å². The first-order valence-corrected chi connectivity index (χ1v) is 7.85. The molecular weight excluding hydrogens is 278 g/mol. The third-order valence-electron chi connectivity index (χ3n) is 4.25. The molecule has 22 heavy (non-hydrogen) atoms. The van der Waals surface area contributed by atoms with Crippen molar-refractivity contribution in [2.45, 2.75) is 26.2 Å². The van der Waals surface area contributed by atoms with Gasteiger partial charge in [0.15, 0.2) is 0 Å². The summed E-state index contributed by atoms with van der Waals surface area (Å²) >= 11 is 0. The highest BCUT2D eigenvalue weighted by Gasteiger charge is 2.34. The molecule has 2 heterocycles. The van der Waals surface area contributed by atoms with Crippen molar-refractivity contribution in [3.8, 4) is 0 Å². The zero-order chi connectivity index (χ0) is 16.0. The third kappa shape index (κ3) is 3.65. The molecule has 5 heteroatoms. The number of aliphatic hydroxyl groups is 1. The van der Waals surface area contributed by atoms with Gasteiger partial charge in [0.2, 0.25) is 0 Å². The number of aliphatic hydroxyl groups excluding tert-OH is 1. The van der Waals surface area contributed by atoms with Crippen molar-refractivity contribution < 1.29 is 9.90 Å². The summed E-state index contributed by atoms with van der Waals surface area (Å²) in [5, 5.41) is 12.5. The van der Waals surface area contributed by atoms with Crippen LogP contribution >= 0.6 is 0 Å². The van der Waals surface area contributed by atoms with Gasteiger partial charge >= 0.3 is 0 Å². The highest BCUT2D eigenvalue weighted by molar-refractivity contribution is 5.93. The Balaban J connectivity index is 2.10. The van der Waals surface area contributed by atoms with Crippen molar-refractivity contribution >= 4 is 11.7 Å². The summed E-state index contributed by atoms with van der Waals surface area (Å²) in [5.41, 5.74) is 0.446. The molecule has 1 fully saturated rings. The first-order valence-electron chi connectivity index (χ1n) is 7.85. The minimum absolute atomic E-state index is 0.100. The minimum atomic E-state index is -0.125. The van der Waals surface area contributed by atoms with Gasteiger partial charge in [-0.05, 0) is 38.3 Å². The molecule has 1 aliphatic heterocycles. The van der Waals surface area contributed by atoms with Gasteiger partial charge in [-0.15, -0.1) is 6.58 Å². The number of piperidine rings is 1. The van der Waals surface area contributed by atoms with Crippen LogP contribution in [0, 0.1) is 5.41 Å². The van der Waals surface area contributed by atoms with Crippen LogP contribution in [0.25, 0.3) is 0 Å². The highest BCUT2D eigenvalue weighted by Crippen LogP contribution is 2.34. The first-order chi connectivity index (χ1) is 10.6. The third-order valence-corrected chi connectivity index (χ3v) is 4.25. The number of nitrogens with zero attached hydrogens (tertiary/aromatic N) is 2. The molecule has 5 nitrogen and oxygen atoms in total. The summed E-state index contributed by atoms with van der Waals surface area (Å²) in [4.78, 5) is 18.4. The number of hydrogen-bond acceptors (Lipinski definition) is 4. The van der Waals surface area contributed by atoms with E-state index in [4.69, 9.17) is 0 Å². The summed E-state index contributed by atoms with van der Waals surface area (Å²) in [6.45, 7) is 8.15. The largest absolute Gasteiger partial charge is 0.396 e. The van der Waals surface area contributed by atoms with E-state index in [0.717, 1.165) is 38.2 Å². The van der Waals surface area contributed by atoms with Gasteiger partial charge in [-0.1, -0.05) is 6.08 Å². The number of hydrogen-bond donors (Lipinski definition) is 2. The van der Waals surface area contributed by atoms with Gasteiger partial charge in [0.25, 0.3) is 5.91 Å². The van der Waals surface area contributed by atoms with Crippen LogP contribution in [0.15, 0.2) is 31.0 Å². The summed E-state index contributed by atoms with van der Waals surface area (Å²) in [6, 6.07) is 3.68. The van der Waals surface area contributed by atoms with Crippen LogP contribution < -0.4 is 10.2 Å². The summed E-state index contributed by atoms with van der Waals surface area (Å²) in [5.74, 6) is 0.756. The van der Waals surface area contributed by atoms with Gasteiger partial charge in [-0.3, -0.25) is 4.79 Å². The lowest BCUT2D eigenvalue weighted by Gasteiger charge is -2.42. The normalized spacial score (nSPS) is 21.5. The molecule has 0 unspecified atom stereocenters. The summed E-state index contributed by atoms with van der Waals surface area (Å²) < 4.78 is 0. The van der Waals surface area contributed by atoms with Crippen LogP contribution in [-0.2, 0) is 0 Å².